The van der Waals surface area contributed by atoms with Gasteiger partial charge in [-0.2, -0.15) is 0 Å². The number of aromatic nitrogens is 2. The first-order valence-electron chi connectivity index (χ1n) is 14.1. The molecular formula is C31H35N3O3. The maximum absolute atomic E-state index is 12.8. The second kappa shape index (κ2) is 8.08. The van der Waals surface area contributed by atoms with Gasteiger partial charge in [0.2, 0.25) is 0 Å². The van der Waals surface area contributed by atoms with Gasteiger partial charge in [-0.1, -0.05) is 36.4 Å². The maximum atomic E-state index is 12.8. The third-order valence-electron chi connectivity index (χ3n) is 10.1. The number of piperidine rings is 1. The number of imidazole rings is 1. The highest BCUT2D eigenvalue weighted by atomic mass is 16.5. The number of hydrogen-bond acceptors (Lipinski definition) is 5. The second-order valence-corrected chi connectivity index (χ2v) is 12.1. The number of aliphatic hydroxyl groups is 1. The van der Waals surface area contributed by atoms with E-state index >= 15 is 0 Å². The molecule has 2 bridgehead atoms. The average Bonchev–Trinajstić information content (AvgIpc) is 3.44. The molecule has 3 heterocycles. The van der Waals surface area contributed by atoms with E-state index in [1.165, 1.54) is 24.0 Å². The molecule has 1 saturated heterocycles. The van der Waals surface area contributed by atoms with Crippen molar-refractivity contribution in [2.24, 2.45) is 11.8 Å². The smallest absolute Gasteiger partial charge is 0.165 e. The Morgan fingerprint density at radius 1 is 1.05 bits per heavy atom. The summed E-state index contributed by atoms with van der Waals surface area (Å²) in [5.74, 6) is 2.83. The average molecular weight is 498 g/mol. The predicted octanol–water partition coefficient (Wildman–Crippen LogP) is 4.34. The van der Waals surface area contributed by atoms with Crippen molar-refractivity contribution in [1.82, 2.24) is 14.5 Å². The normalized spacial score (nSPS) is 33.6. The van der Waals surface area contributed by atoms with Crippen LogP contribution in [0.25, 0.3) is 0 Å². The Labute approximate surface area is 218 Å². The molecule has 8 rings (SSSR count). The molecular weight excluding hydrogens is 462 g/mol. The van der Waals surface area contributed by atoms with E-state index in [4.69, 9.17) is 9.47 Å². The fourth-order valence-electron chi connectivity index (χ4n) is 8.28. The van der Waals surface area contributed by atoms with E-state index in [1.807, 2.05) is 36.9 Å². The Hall–Kier alpha value is -2.83. The maximum Gasteiger partial charge on any atom is 0.165 e. The molecule has 2 aliphatic heterocycles. The highest BCUT2D eigenvalue weighted by molar-refractivity contribution is 5.63. The molecule has 6 heteroatoms. The van der Waals surface area contributed by atoms with E-state index in [9.17, 15) is 5.11 Å². The molecule has 1 spiro atoms. The molecule has 5 aliphatic rings. The number of likely N-dealkylation sites (tertiary alicyclic amines) is 1. The number of ether oxygens (including phenoxy) is 2. The van der Waals surface area contributed by atoms with Crippen molar-refractivity contribution in [3.8, 4) is 11.5 Å². The summed E-state index contributed by atoms with van der Waals surface area (Å²) >= 11 is 0. The molecule has 6 nitrogen and oxygen atoms in total. The summed E-state index contributed by atoms with van der Waals surface area (Å²) in [7, 11) is 0. The van der Waals surface area contributed by atoms with E-state index in [-0.39, 0.29) is 17.6 Å². The van der Waals surface area contributed by atoms with Gasteiger partial charge < -0.3 is 19.1 Å². The lowest BCUT2D eigenvalue weighted by atomic mass is 9.47. The van der Waals surface area contributed by atoms with Crippen LogP contribution in [-0.4, -0.2) is 50.4 Å². The summed E-state index contributed by atoms with van der Waals surface area (Å²) in [6, 6.07) is 14.9. The zero-order valence-electron chi connectivity index (χ0n) is 21.3. The summed E-state index contributed by atoms with van der Waals surface area (Å²) in [6.45, 7) is 3.54. The number of benzene rings is 2. The van der Waals surface area contributed by atoms with Crippen LogP contribution in [-0.2, 0) is 25.0 Å². The standard InChI is InChI=1S/C31H35N3O3/c35-31-11-10-24(18-33-15-13-32-20-33)29-30(31)12-14-34(17-21-6-7-21)26(31)16-23-8-9-25(28(37-29)27(23)30)36-19-22-4-2-1-3-5-22/h1-5,8-9,13,15,20-21,24,26,29,35H,6-7,10-12,14,16-19H2/t24-,26-,29+,30+,31-/m1/s1. The van der Waals surface area contributed by atoms with Gasteiger partial charge in [-0.3, -0.25) is 4.90 Å². The molecule has 2 saturated carbocycles. The first-order valence-corrected chi connectivity index (χ1v) is 14.1. The van der Waals surface area contributed by atoms with Gasteiger partial charge in [0.1, 0.15) is 12.7 Å². The molecule has 3 aliphatic carbocycles. The molecule has 5 atom stereocenters. The topological polar surface area (TPSA) is 59.8 Å². The summed E-state index contributed by atoms with van der Waals surface area (Å²) < 4.78 is 15.6. The molecule has 192 valence electrons. The zero-order chi connectivity index (χ0) is 24.6. The van der Waals surface area contributed by atoms with Gasteiger partial charge >= 0.3 is 0 Å². The molecule has 1 aromatic heterocycles. The fourth-order valence-corrected chi connectivity index (χ4v) is 8.28. The van der Waals surface area contributed by atoms with E-state index in [1.54, 1.807) is 0 Å². The van der Waals surface area contributed by atoms with Gasteiger partial charge in [-0.15, -0.1) is 0 Å². The molecule has 1 N–H and O–H groups in total. The SMILES string of the molecule is O[C@@]12CC[C@H](Cn3ccnc3)[C@@H]3Oc4c(OCc5ccccc5)ccc5c4[C@@]31CCN(CC1CC1)[C@@H]2C5. The summed E-state index contributed by atoms with van der Waals surface area (Å²) in [4.78, 5) is 6.92. The molecule has 0 unspecified atom stereocenters. The summed E-state index contributed by atoms with van der Waals surface area (Å²) in [6.07, 6.45) is 12.0. The van der Waals surface area contributed by atoms with Crippen LogP contribution in [0.2, 0.25) is 0 Å². The van der Waals surface area contributed by atoms with Crippen LogP contribution in [0.1, 0.15) is 48.8 Å². The van der Waals surface area contributed by atoms with Crippen molar-refractivity contribution in [3.63, 3.8) is 0 Å². The van der Waals surface area contributed by atoms with Gasteiger partial charge in [0, 0.05) is 43.0 Å². The first kappa shape index (κ1) is 22.2. The van der Waals surface area contributed by atoms with E-state index < -0.39 is 5.60 Å². The molecule has 3 aromatic rings. The molecule has 2 aromatic carbocycles. The molecule has 0 radical (unpaired) electrons. The number of rotatable bonds is 7. The first-order chi connectivity index (χ1) is 18.2. The Balaban J connectivity index is 1.22. The lowest BCUT2D eigenvalue weighted by molar-refractivity contribution is -0.199. The van der Waals surface area contributed by atoms with Crippen molar-refractivity contribution < 1.29 is 14.6 Å². The van der Waals surface area contributed by atoms with Crippen LogP contribution in [0.5, 0.6) is 11.5 Å². The third kappa shape index (κ3) is 3.21. The fraction of sp³-hybridized carbons (Fsp3) is 0.516. The van der Waals surface area contributed by atoms with Crippen LogP contribution >= 0.6 is 0 Å². The van der Waals surface area contributed by atoms with Crippen LogP contribution in [0.15, 0.2) is 61.2 Å². The molecule has 0 amide bonds. The van der Waals surface area contributed by atoms with Gasteiger partial charge in [0.25, 0.3) is 0 Å². The van der Waals surface area contributed by atoms with Crippen LogP contribution in [0.4, 0.5) is 0 Å². The van der Waals surface area contributed by atoms with E-state index in [0.717, 1.165) is 68.3 Å². The molecule has 3 fully saturated rings. The second-order valence-electron chi connectivity index (χ2n) is 12.1. The highest BCUT2D eigenvalue weighted by Crippen LogP contribution is 2.66. The van der Waals surface area contributed by atoms with Crippen molar-refractivity contribution in [2.75, 3.05) is 13.1 Å². The van der Waals surface area contributed by atoms with Crippen molar-refractivity contribution in [1.29, 1.82) is 0 Å². The van der Waals surface area contributed by atoms with Gasteiger partial charge in [0.05, 0.1) is 17.3 Å². The monoisotopic (exact) mass is 497 g/mol. The Bertz CT molecular complexity index is 1310. The minimum atomic E-state index is -0.771. The third-order valence-corrected chi connectivity index (χ3v) is 10.1. The largest absolute Gasteiger partial charge is 0.485 e. The minimum absolute atomic E-state index is 0.0604. The van der Waals surface area contributed by atoms with Crippen LogP contribution < -0.4 is 9.47 Å². The van der Waals surface area contributed by atoms with E-state index in [2.05, 4.69) is 38.7 Å². The molecule has 37 heavy (non-hydrogen) atoms. The van der Waals surface area contributed by atoms with Crippen molar-refractivity contribution in [3.05, 3.63) is 77.9 Å². The quantitative estimate of drug-likeness (QED) is 0.526. The summed E-state index contributed by atoms with van der Waals surface area (Å²) in [5.41, 5.74) is 2.60. The predicted molar refractivity (Wildman–Crippen MR) is 140 cm³/mol. The lowest BCUT2D eigenvalue weighted by Crippen LogP contribution is -2.76. The van der Waals surface area contributed by atoms with Crippen molar-refractivity contribution in [2.45, 2.75) is 74.8 Å². The Morgan fingerprint density at radius 2 is 1.95 bits per heavy atom. The highest BCUT2D eigenvalue weighted by Gasteiger charge is 2.72. The van der Waals surface area contributed by atoms with Crippen LogP contribution in [0, 0.1) is 11.8 Å². The Morgan fingerprint density at radius 3 is 2.76 bits per heavy atom. The van der Waals surface area contributed by atoms with Gasteiger partial charge in [0.15, 0.2) is 11.5 Å². The van der Waals surface area contributed by atoms with Gasteiger partial charge in [-0.25, -0.2) is 4.98 Å². The minimum Gasteiger partial charge on any atom is -0.485 e. The zero-order valence-corrected chi connectivity index (χ0v) is 21.3. The van der Waals surface area contributed by atoms with E-state index in [0.29, 0.717) is 12.5 Å². The number of hydrogen-bond donors (Lipinski definition) is 1. The summed E-state index contributed by atoms with van der Waals surface area (Å²) in [5, 5.41) is 12.8. The lowest BCUT2D eigenvalue weighted by Gasteiger charge is -2.64. The Kier molecular flexibility index (Phi) is 4.85. The van der Waals surface area contributed by atoms with Crippen molar-refractivity contribution >= 4 is 0 Å². The van der Waals surface area contributed by atoms with Gasteiger partial charge in [-0.05, 0) is 68.2 Å². The van der Waals surface area contributed by atoms with Crippen LogP contribution in [0.3, 0.4) is 0 Å². The number of nitrogens with zero attached hydrogens (tertiary/aromatic N) is 3.